The van der Waals surface area contributed by atoms with Crippen LogP contribution in [0.15, 0.2) is 0 Å². The number of nitrogens with zero attached hydrogens (tertiary/aromatic N) is 1. The maximum atomic E-state index is 11.5. The summed E-state index contributed by atoms with van der Waals surface area (Å²) < 4.78 is 0. The van der Waals surface area contributed by atoms with Gasteiger partial charge in [-0.3, -0.25) is 14.5 Å². The Morgan fingerprint density at radius 3 is 2.19 bits per heavy atom. The smallest absolute Gasteiger partial charge is 0.326 e. The fourth-order valence-corrected chi connectivity index (χ4v) is 0.995. The molecule has 0 aliphatic rings. The van der Waals surface area contributed by atoms with Crippen molar-refractivity contribution in [1.29, 1.82) is 0 Å². The van der Waals surface area contributed by atoms with Gasteiger partial charge < -0.3 is 21.7 Å². The zero-order chi connectivity index (χ0) is 12.9. The Labute approximate surface area is 91.8 Å². The predicted molar refractivity (Wildman–Crippen MR) is 53.1 cm³/mol. The van der Waals surface area contributed by atoms with Crippen molar-refractivity contribution < 1.29 is 24.6 Å². The number of carbonyl (C=O) groups excluding carboxylic acids is 2. The summed E-state index contributed by atoms with van der Waals surface area (Å²) in [6.07, 6.45) is 0. The Kier molecular flexibility index (Phi) is 5.57. The highest BCUT2D eigenvalue weighted by Gasteiger charge is 2.33. The van der Waals surface area contributed by atoms with E-state index < -0.39 is 43.0 Å². The Balaban J connectivity index is 5.02. The van der Waals surface area contributed by atoms with Crippen LogP contribution in [0, 0.1) is 0 Å². The van der Waals surface area contributed by atoms with Crippen molar-refractivity contribution in [2.24, 2.45) is 11.5 Å². The highest BCUT2D eigenvalue weighted by atomic mass is 16.4. The fourth-order valence-electron chi connectivity index (χ4n) is 0.995. The van der Waals surface area contributed by atoms with Crippen LogP contribution >= 0.6 is 0 Å². The van der Waals surface area contributed by atoms with Gasteiger partial charge in [0, 0.05) is 0 Å². The number of carboxylic acids is 1. The van der Waals surface area contributed by atoms with E-state index in [1.54, 1.807) is 0 Å². The summed E-state index contributed by atoms with van der Waals surface area (Å²) in [6.45, 7) is -0.0427. The molecule has 0 aromatic rings. The summed E-state index contributed by atoms with van der Waals surface area (Å²) in [6, 6.07) is -2.71. The van der Waals surface area contributed by atoms with Crippen molar-refractivity contribution in [1.82, 2.24) is 4.90 Å². The van der Waals surface area contributed by atoms with Crippen molar-refractivity contribution in [3.8, 4) is 0 Å². The number of hydrogen-bond acceptors (Lipinski definition) is 6. The van der Waals surface area contributed by atoms with Gasteiger partial charge in [0.25, 0.3) is 0 Å². The molecule has 0 fully saturated rings. The summed E-state index contributed by atoms with van der Waals surface area (Å²) in [7, 11) is 0. The van der Waals surface area contributed by atoms with Crippen LogP contribution in [0.25, 0.3) is 0 Å². The molecule has 92 valence electrons. The quantitative estimate of drug-likeness (QED) is 0.398. The van der Waals surface area contributed by atoms with Crippen molar-refractivity contribution >= 4 is 17.8 Å². The molecule has 0 radical (unpaired) electrons. The summed E-state index contributed by atoms with van der Waals surface area (Å²) in [5, 5.41) is 17.4. The molecule has 2 atom stereocenters. The predicted octanol–water partition coefficient (Wildman–Crippen LogP) is -2.91. The first-order valence-corrected chi connectivity index (χ1v) is 4.52. The van der Waals surface area contributed by atoms with Gasteiger partial charge in [-0.25, -0.2) is 4.79 Å². The molecule has 0 aromatic carbocycles. The minimum absolute atomic E-state index is 0.448. The molecule has 2 unspecified atom stereocenters. The van der Waals surface area contributed by atoms with E-state index >= 15 is 0 Å². The van der Waals surface area contributed by atoms with Crippen LogP contribution in [0.3, 0.4) is 0 Å². The van der Waals surface area contributed by atoms with Crippen LogP contribution in [0.1, 0.15) is 6.92 Å². The second-order valence-corrected chi connectivity index (χ2v) is 3.11. The van der Waals surface area contributed by atoms with Gasteiger partial charge in [-0.15, -0.1) is 0 Å². The van der Waals surface area contributed by atoms with Gasteiger partial charge in [-0.1, -0.05) is 0 Å². The summed E-state index contributed by atoms with van der Waals surface area (Å²) in [5.41, 5.74) is 10.3. The van der Waals surface area contributed by atoms with Crippen molar-refractivity contribution in [3.63, 3.8) is 0 Å². The molecule has 2 amide bonds. The SMILES string of the molecule is CC(C(=O)O)N(C(=O)CN)C(=O)C(N)CO. The van der Waals surface area contributed by atoms with Gasteiger partial charge in [0.05, 0.1) is 13.2 Å². The molecular formula is C8H15N3O5. The monoisotopic (exact) mass is 233 g/mol. The molecule has 0 bridgehead atoms. The minimum atomic E-state index is -1.37. The summed E-state index contributed by atoms with van der Waals surface area (Å²) >= 11 is 0. The number of imide groups is 1. The normalized spacial score (nSPS) is 14.0. The van der Waals surface area contributed by atoms with E-state index in [4.69, 9.17) is 21.7 Å². The Morgan fingerprint density at radius 1 is 1.38 bits per heavy atom. The molecule has 8 nitrogen and oxygen atoms in total. The first kappa shape index (κ1) is 14.5. The molecule has 8 heteroatoms. The first-order valence-electron chi connectivity index (χ1n) is 4.52. The Hall–Kier alpha value is -1.51. The molecule has 0 aromatic heterocycles. The third kappa shape index (κ3) is 3.26. The molecule has 0 spiro atoms. The van der Waals surface area contributed by atoms with E-state index in [2.05, 4.69) is 0 Å². The van der Waals surface area contributed by atoms with Crippen LogP contribution in [0.5, 0.6) is 0 Å². The standard InChI is InChI=1S/C8H15N3O5/c1-4(8(15)16)11(6(13)2-9)7(14)5(10)3-12/h4-5,12H,2-3,9-10H2,1H3,(H,15,16). The number of carbonyl (C=O) groups is 3. The molecule has 0 aliphatic carbocycles. The van der Waals surface area contributed by atoms with E-state index in [0.29, 0.717) is 4.90 Å². The molecule has 0 rings (SSSR count). The molecule has 16 heavy (non-hydrogen) atoms. The fraction of sp³-hybridized carbons (Fsp3) is 0.625. The molecule has 0 saturated heterocycles. The van der Waals surface area contributed by atoms with Gasteiger partial charge in [-0.05, 0) is 6.92 Å². The number of aliphatic carboxylic acids is 1. The lowest BCUT2D eigenvalue weighted by Crippen LogP contribution is -2.55. The number of aliphatic hydroxyl groups is 1. The van der Waals surface area contributed by atoms with Gasteiger partial charge in [0.1, 0.15) is 12.1 Å². The lowest BCUT2D eigenvalue weighted by molar-refractivity contribution is -0.157. The van der Waals surface area contributed by atoms with E-state index in [0.717, 1.165) is 6.92 Å². The van der Waals surface area contributed by atoms with Crippen LogP contribution in [-0.2, 0) is 14.4 Å². The topological polar surface area (TPSA) is 147 Å². The van der Waals surface area contributed by atoms with Crippen LogP contribution in [-0.4, -0.2) is 58.1 Å². The van der Waals surface area contributed by atoms with E-state index in [-0.39, 0.29) is 0 Å². The van der Waals surface area contributed by atoms with Gasteiger partial charge in [0.2, 0.25) is 11.8 Å². The zero-order valence-electron chi connectivity index (χ0n) is 8.79. The number of hydrogen-bond donors (Lipinski definition) is 4. The highest BCUT2D eigenvalue weighted by Crippen LogP contribution is 2.03. The average molecular weight is 233 g/mol. The van der Waals surface area contributed by atoms with Gasteiger partial charge >= 0.3 is 5.97 Å². The Bertz CT molecular complexity index is 293. The second-order valence-electron chi connectivity index (χ2n) is 3.11. The van der Waals surface area contributed by atoms with Crippen LogP contribution in [0.2, 0.25) is 0 Å². The molecule has 0 saturated carbocycles. The molecule has 0 aliphatic heterocycles. The maximum Gasteiger partial charge on any atom is 0.326 e. The number of carboxylic acid groups (broad SMARTS) is 1. The van der Waals surface area contributed by atoms with Gasteiger partial charge in [0.15, 0.2) is 0 Å². The third-order valence-corrected chi connectivity index (χ3v) is 1.94. The molecule has 0 heterocycles. The number of amides is 2. The first-order chi connectivity index (χ1) is 7.36. The van der Waals surface area contributed by atoms with Gasteiger partial charge in [-0.2, -0.15) is 0 Å². The van der Waals surface area contributed by atoms with Crippen molar-refractivity contribution in [2.45, 2.75) is 19.0 Å². The lowest BCUT2D eigenvalue weighted by atomic mass is 10.2. The lowest BCUT2D eigenvalue weighted by Gasteiger charge is -2.26. The van der Waals surface area contributed by atoms with Crippen LogP contribution < -0.4 is 11.5 Å². The Morgan fingerprint density at radius 2 is 1.88 bits per heavy atom. The zero-order valence-corrected chi connectivity index (χ0v) is 8.79. The third-order valence-electron chi connectivity index (χ3n) is 1.94. The average Bonchev–Trinajstić information content (AvgIpc) is 2.27. The maximum absolute atomic E-state index is 11.5. The molecular weight excluding hydrogens is 218 g/mol. The summed E-state index contributed by atoms with van der Waals surface area (Å²) in [5.74, 6) is -3.18. The highest BCUT2D eigenvalue weighted by molar-refractivity contribution is 6.01. The number of rotatable bonds is 5. The minimum Gasteiger partial charge on any atom is -0.480 e. The van der Waals surface area contributed by atoms with Crippen LogP contribution in [0.4, 0.5) is 0 Å². The second kappa shape index (κ2) is 6.16. The number of aliphatic hydroxyl groups excluding tert-OH is 1. The van der Waals surface area contributed by atoms with E-state index in [1.807, 2.05) is 0 Å². The summed E-state index contributed by atoms with van der Waals surface area (Å²) in [4.78, 5) is 34.0. The number of nitrogens with two attached hydrogens (primary N) is 2. The van der Waals surface area contributed by atoms with E-state index in [1.165, 1.54) is 0 Å². The molecule has 6 N–H and O–H groups in total. The van der Waals surface area contributed by atoms with E-state index in [9.17, 15) is 14.4 Å². The van der Waals surface area contributed by atoms with Crippen molar-refractivity contribution in [2.75, 3.05) is 13.2 Å². The largest absolute Gasteiger partial charge is 0.480 e. The van der Waals surface area contributed by atoms with Crippen molar-refractivity contribution in [3.05, 3.63) is 0 Å².